The van der Waals surface area contributed by atoms with Crippen molar-refractivity contribution in [1.82, 2.24) is 10.2 Å². The fourth-order valence-electron chi connectivity index (χ4n) is 3.56. The zero-order chi connectivity index (χ0) is 20.1. The molecule has 28 heavy (non-hydrogen) atoms. The number of carbonyl (C=O) groups excluding carboxylic acids is 3. The molecular formula is C22H26N2O4. The monoisotopic (exact) mass is 382 g/mol. The van der Waals surface area contributed by atoms with Crippen molar-refractivity contribution in [2.45, 2.75) is 32.2 Å². The van der Waals surface area contributed by atoms with Gasteiger partial charge in [-0.05, 0) is 44.4 Å². The molecule has 1 aromatic rings. The lowest BCUT2D eigenvalue weighted by atomic mass is 9.95. The van der Waals surface area contributed by atoms with Crippen molar-refractivity contribution in [3.05, 3.63) is 59.2 Å². The van der Waals surface area contributed by atoms with Gasteiger partial charge in [0, 0.05) is 24.2 Å². The molecule has 0 aromatic heterocycles. The van der Waals surface area contributed by atoms with E-state index in [-0.39, 0.29) is 29.7 Å². The average molecular weight is 382 g/mol. The van der Waals surface area contributed by atoms with E-state index in [4.69, 9.17) is 4.74 Å². The highest BCUT2D eigenvalue weighted by Gasteiger charge is 2.29. The van der Waals surface area contributed by atoms with Crippen molar-refractivity contribution in [2.24, 2.45) is 5.92 Å². The summed E-state index contributed by atoms with van der Waals surface area (Å²) >= 11 is 0. The lowest BCUT2D eigenvalue weighted by Gasteiger charge is -2.32. The maximum atomic E-state index is 12.8. The zero-order valence-electron chi connectivity index (χ0n) is 16.3. The van der Waals surface area contributed by atoms with Crippen molar-refractivity contribution in [2.75, 3.05) is 20.2 Å². The van der Waals surface area contributed by atoms with E-state index in [1.165, 1.54) is 7.11 Å². The van der Waals surface area contributed by atoms with Crippen LogP contribution in [0, 0.1) is 12.8 Å². The molecule has 1 fully saturated rings. The maximum Gasteiger partial charge on any atom is 0.308 e. The molecule has 1 aromatic carbocycles. The first-order valence-corrected chi connectivity index (χ1v) is 9.60. The number of carbonyl (C=O) groups is 3. The van der Waals surface area contributed by atoms with Crippen molar-refractivity contribution < 1.29 is 19.1 Å². The second-order valence-electron chi connectivity index (χ2n) is 7.28. The number of nitrogens with one attached hydrogen (secondary N) is 1. The SMILES string of the molecule is COC(=O)C1CCN(C(=O)C2=CC(NC(=O)c3ccc(C)cc3)C=CC2)CC1. The van der Waals surface area contributed by atoms with Crippen molar-refractivity contribution in [3.63, 3.8) is 0 Å². The minimum Gasteiger partial charge on any atom is -0.469 e. The standard InChI is InChI=1S/C22H26N2O4/c1-15-6-8-16(9-7-15)20(25)23-19-5-3-4-18(14-19)21(26)24-12-10-17(11-13-24)22(27)28-2/h3,5-9,14,17,19H,4,10-13H2,1-2H3,(H,23,25). The van der Waals surface area contributed by atoms with Crippen LogP contribution in [0.5, 0.6) is 0 Å². The van der Waals surface area contributed by atoms with Crippen molar-refractivity contribution in [1.29, 1.82) is 0 Å². The topological polar surface area (TPSA) is 75.7 Å². The first-order chi connectivity index (χ1) is 13.5. The Morgan fingerprint density at radius 3 is 2.43 bits per heavy atom. The van der Waals surface area contributed by atoms with Crippen LogP contribution >= 0.6 is 0 Å². The number of piperidine rings is 1. The highest BCUT2D eigenvalue weighted by molar-refractivity contribution is 5.96. The van der Waals surface area contributed by atoms with Gasteiger partial charge in [-0.1, -0.05) is 29.8 Å². The smallest absolute Gasteiger partial charge is 0.308 e. The van der Waals surface area contributed by atoms with E-state index < -0.39 is 0 Å². The molecule has 6 nitrogen and oxygen atoms in total. The summed E-state index contributed by atoms with van der Waals surface area (Å²) in [6.45, 7) is 3.06. The number of benzene rings is 1. The lowest BCUT2D eigenvalue weighted by molar-refractivity contribution is -0.148. The Morgan fingerprint density at radius 2 is 1.79 bits per heavy atom. The van der Waals surface area contributed by atoms with Crippen LogP contribution in [0.25, 0.3) is 0 Å². The maximum absolute atomic E-state index is 12.8. The van der Waals surface area contributed by atoms with E-state index in [2.05, 4.69) is 5.32 Å². The number of nitrogens with zero attached hydrogens (tertiary/aromatic N) is 1. The van der Waals surface area contributed by atoms with Crippen LogP contribution in [-0.4, -0.2) is 48.9 Å². The molecule has 148 valence electrons. The summed E-state index contributed by atoms with van der Waals surface area (Å²) in [5.41, 5.74) is 2.36. The molecule has 1 heterocycles. The summed E-state index contributed by atoms with van der Waals surface area (Å²) in [5.74, 6) is -0.526. The fraction of sp³-hybridized carbons (Fsp3) is 0.409. The first kappa shape index (κ1) is 19.9. The molecule has 2 amide bonds. The second-order valence-corrected chi connectivity index (χ2v) is 7.28. The highest BCUT2D eigenvalue weighted by atomic mass is 16.5. The number of methoxy groups -OCH3 is 1. The van der Waals surface area contributed by atoms with Gasteiger partial charge in [0.05, 0.1) is 19.1 Å². The molecule has 3 rings (SSSR count). The minimum absolute atomic E-state index is 0.0257. The summed E-state index contributed by atoms with van der Waals surface area (Å²) in [4.78, 5) is 38.7. The predicted molar refractivity (Wildman–Crippen MR) is 106 cm³/mol. The first-order valence-electron chi connectivity index (χ1n) is 9.60. The molecule has 0 radical (unpaired) electrons. The Morgan fingerprint density at radius 1 is 1.11 bits per heavy atom. The van der Waals surface area contributed by atoms with Gasteiger partial charge in [0.15, 0.2) is 0 Å². The third-order valence-corrected chi connectivity index (χ3v) is 5.26. The zero-order valence-corrected chi connectivity index (χ0v) is 16.3. The molecule has 1 unspecified atom stereocenters. The van der Waals surface area contributed by atoms with Crippen LogP contribution in [-0.2, 0) is 14.3 Å². The molecule has 0 saturated carbocycles. The molecule has 2 aliphatic rings. The Bertz CT molecular complexity index is 802. The number of hydrogen-bond acceptors (Lipinski definition) is 4. The number of likely N-dealkylation sites (tertiary alicyclic amines) is 1. The Kier molecular flexibility index (Phi) is 6.29. The number of esters is 1. The van der Waals surface area contributed by atoms with Gasteiger partial charge in [-0.15, -0.1) is 0 Å². The van der Waals surface area contributed by atoms with Gasteiger partial charge in [-0.25, -0.2) is 0 Å². The van der Waals surface area contributed by atoms with E-state index in [1.807, 2.05) is 37.3 Å². The molecule has 0 bridgehead atoms. The van der Waals surface area contributed by atoms with Crippen LogP contribution in [0.2, 0.25) is 0 Å². The predicted octanol–water partition coefficient (Wildman–Crippen LogP) is 2.39. The summed E-state index contributed by atoms with van der Waals surface area (Å²) in [7, 11) is 1.39. The van der Waals surface area contributed by atoms with E-state index in [0.717, 1.165) is 5.56 Å². The van der Waals surface area contributed by atoms with Crippen LogP contribution in [0.15, 0.2) is 48.1 Å². The average Bonchev–Trinajstić information content (AvgIpc) is 2.73. The van der Waals surface area contributed by atoms with Gasteiger partial charge in [-0.2, -0.15) is 0 Å². The van der Waals surface area contributed by atoms with Gasteiger partial charge in [-0.3, -0.25) is 14.4 Å². The van der Waals surface area contributed by atoms with Crippen molar-refractivity contribution in [3.8, 4) is 0 Å². The molecule has 1 aliphatic heterocycles. The van der Waals surface area contributed by atoms with Gasteiger partial charge >= 0.3 is 5.97 Å². The Hall–Kier alpha value is -2.89. The molecule has 1 saturated heterocycles. The molecule has 1 atom stereocenters. The van der Waals surface area contributed by atoms with Crippen LogP contribution in [0.1, 0.15) is 35.2 Å². The van der Waals surface area contributed by atoms with E-state index in [1.54, 1.807) is 17.0 Å². The summed E-state index contributed by atoms with van der Waals surface area (Å²) < 4.78 is 4.79. The number of aryl methyl sites for hydroxylation is 1. The third-order valence-electron chi connectivity index (χ3n) is 5.26. The van der Waals surface area contributed by atoms with Crippen LogP contribution in [0.4, 0.5) is 0 Å². The third kappa shape index (κ3) is 4.68. The van der Waals surface area contributed by atoms with Gasteiger partial charge in [0.25, 0.3) is 5.91 Å². The number of amides is 2. The van der Waals surface area contributed by atoms with Crippen LogP contribution < -0.4 is 5.32 Å². The fourth-order valence-corrected chi connectivity index (χ4v) is 3.56. The quantitative estimate of drug-likeness (QED) is 0.641. The number of allylic oxidation sites excluding steroid dienone is 1. The summed E-state index contributed by atoms with van der Waals surface area (Å²) in [6, 6.07) is 7.06. The van der Waals surface area contributed by atoms with Crippen LogP contribution in [0.3, 0.4) is 0 Å². The molecule has 0 spiro atoms. The largest absolute Gasteiger partial charge is 0.469 e. The van der Waals surface area contributed by atoms with E-state index >= 15 is 0 Å². The van der Waals surface area contributed by atoms with E-state index in [9.17, 15) is 14.4 Å². The Balaban J connectivity index is 1.59. The normalized spacial score (nSPS) is 19.7. The molecular weight excluding hydrogens is 356 g/mol. The molecule has 6 heteroatoms. The summed E-state index contributed by atoms with van der Waals surface area (Å²) in [5, 5.41) is 2.94. The Labute approximate surface area is 165 Å². The summed E-state index contributed by atoms with van der Waals surface area (Å²) in [6.07, 6.45) is 7.42. The highest BCUT2D eigenvalue weighted by Crippen LogP contribution is 2.22. The second kappa shape index (κ2) is 8.87. The molecule has 1 N–H and O–H groups in total. The minimum atomic E-state index is -0.311. The van der Waals surface area contributed by atoms with Gasteiger partial charge in [0.1, 0.15) is 0 Å². The lowest BCUT2D eigenvalue weighted by Crippen LogP contribution is -2.42. The van der Waals surface area contributed by atoms with Gasteiger partial charge in [0.2, 0.25) is 5.91 Å². The number of rotatable bonds is 4. The molecule has 1 aliphatic carbocycles. The van der Waals surface area contributed by atoms with E-state index in [0.29, 0.717) is 43.5 Å². The number of hydrogen-bond donors (Lipinski definition) is 1. The van der Waals surface area contributed by atoms with Gasteiger partial charge < -0.3 is 15.0 Å². The van der Waals surface area contributed by atoms with Crippen molar-refractivity contribution >= 4 is 17.8 Å². The number of ether oxygens (including phenoxy) is 1.